The minimum absolute atomic E-state index is 0.0116. The number of anilines is 2. The summed E-state index contributed by atoms with van der Waals surface area (Å²) in [6.45, 7) is 3.82. The maximum Gasteiger partial charge on any atom is 0.282 e. The van der Waals surface area contributed by atoms with E-state index in [2.05, 4.69) is 0 Å². The minimum Gasteiger partial charge on any atom is -0.491 e. The van der Waals surface area contributed by atoms with Crippen molar-refractivity contribution in [3.63, 3.8) is 0 Å². The van der Waals surface area contributed by atoms with Gasteiger partial charge in [0.05, 0.1) is 22.3 Å². The van der Waals surface area contributed by atoms with E-state index < -0.39 is 16.7 Å². The topological polar surface area (TPSA) is 93.0 Å². The molecule has 0 N–H and O–H groups in total. The molecule has 1 heterocycles. The van der Waals surface area contributed by atoms with Crippen LogP contribution in [0, 0.1) is 10.1 Å². The first-order valence-electron chi connectivity index (χ1n) is 10.7. The monoisotopic (exact) mass is 457 g/mol. The molecule has 0 aromatic heterocycles. The number of nitro groups is 1. The molecular formula is C26H23N3O5. The molecule has 8 heteroatoms. The molecule has 34 heavy (non-hydrogen) atoms. The first kappa shape index (κ1) is 22.7. The van der Waals surface area contributed by atoms with Crippen molar-refractivity contribution in [3.05, 3.63) is 100 Å². The van der Waals surface area contributed by atoms with Crippen LogP contribution >= 0.6 is 0 Å². The molecule has 4 rings (SSSR count). The molecule has 0 saturated heterocycles. The highest BCUT2D eigenvalue weighted by Crippen LogP contribution is 2.37. The number of carbonyl (C=O) groups excluding carboxylic acids is 2. The van der Waals surface area contributed by atoms with Gasteiger partial charge in [0.15, 0.2) is 0 Å². The van der Waals surface area contributed by atoms with Gasteiger partial charge in [-0.3, -0.25) is 19.7 Å². The lowest BCUT2D eigenvalue weighted by Crippen LogP contribution is -2.34. The number of rotatable bonds is 7. The Labute approximate surface area is 196 Å². The number of likely N-dealkylation sites (N-methyl/N-ethyl adjacent to an activating group) is 1. The first-order valence-corrected chi connectivity index (χ1v) is 10.7. The van der Waals surface area contributed by atoms with Gasteiger partial charge in [-0.1, -0.05) is 18.2 Å². The number of ether oxygens (including phenoxy) is 1. The Bertz CT molecular complexity index is 1270. The number of hydrogen-bond acceptors (Lipinski definition) is 6. The third-order valence-electron chi connectivity index (χ3n) is 5.37. The van der Waals surface area contributed by atoms with Gasteiger partial charge in [0.2, 0.25) is 0 Å². The fourth-order valence-corrected chi connectivity index (χ4v) is 3.80. The summed E-state index contributed by atoms with van der Waals surface area (Å²) in [5.41, 5.74) is 1.81. The summed E-state index contributed by atoms with van der Waals surface area (Å²) in [5, 5.41) is 11.1. The van der Waals surface area contributed by atoms with E-state index >= 15 is 0 Å². The second-order valence-electron chi connectivity index (χ2n) is 8.03. The molecule has 8 nitrogen and oxygen atoms in total. The molecule has 0 spiro atoms. The van der Waals surface area contributed by atoms with Crippen molar-refractivity contribution in [3.8, 4) is 5.75 Å². The van der Waals surface area contributed by atoms with Crippen LogP contribution in [-0.2, 0) is 9.59 Å². The smallest absolute Gasteiger partial charge is 0.282 e. The van der Waals surface area contributed by atoms with E-state index in [1.807, 2.05) is 44.2 Å². The second-order valence-corrected chi connectivity index (χ2v) is 8.03. The van der Waals surface area contributed by atoms with Gasteiger partial charge in [0.1, 0.15) is 11.4 Å². The molecule has 0 unspecified atom stereocenters. The lowest BCUT2D eigenvalue weighted by molar-refractivity contribution is -0.384. The number of benzene rings is 3. The van der Waals surface area contributed by atoms with Gasteiger partial charge in [-0.15, -0.1) is 0 Å². The van der Waals surface area contributed by atoms with Crippen molar-refractivity contribution in [2.45, 2.75) is 20.0 Å². The SMILES string of the molecule is CC(C)Oc1ccc(N2C(=O)C(c3ccc([N+](=O)[O-])cc3)=C(N(C)c3ccccc3)C2=O)cc1. The summed E-state index contributed by atoms with van der Waals surface area (Å²) in [6, 6.07) is 21.5. The number of non-ortho nitro benzene ring substituents is 1. The Morgan fingerprint density at radius 3 is 2.06 bits per heavy atom. The highest BCUT2D eigenvalue weighted by Gasteiger charge is 2.42. The largest absolute Gasteiger partial charge is 0.491 e. The van der Waals surface area contributed by atoms with Crippen LogP contribution in [0.1, 0.15) is 19.4 Å². The van der Waals surface area contributed by atoms with Gasteiger partial charge in [-0.2, -0.15) is 0 Å². The molecule has 0 aliphatic carbocycles. The van der Waals surface area contributed by atoms with Crippen molar-refractivity contribution in [2.24, 2.45) is 0 Å². The Morgan fingerprint density at radius 2 is 1.50 bits per heavy atom. The quantitative estimate of drug-likeness (QED) is 0.287. The molecule has 3 aromatic carbocycles. The van der Waals surface area contributed by atoms with E-state index in [0.717, 1.165) is 10.6 Å². The molecule has 3 aromatic rings. The summed E-state index contributed by atoms with van der Waals surface area (Å²) in [7, 11) is 1.71. The van der Waals surface area contributed by atoms with Crippen LogP contribution in [0.4, 0.5) is 17.1 Å². The van der Waals surface area contributed by atoms with Crippen LogP contribution in [0.2, 0.25) is 0 Å². The number of para-hydroxylation sites is 1. The van der Waals surface area contributed by atoms with Crippen molar-refractivity contribution >= 4 is 34.4 Å². The molecule has 0 fully saturated rings. The number of hydrogen-bond donors (Lipinski definition) is 0. The molecule has 0 radical (unpaired) electrons. The first-order chi connectivity index (χ1) is 16.3. The lowest BCUT2D eigenvalue weighted by Gasteiger charge is -2.21. The Morgan fingerprint density at radius 1 is 0.882 bits per heavy atom. The second kappa shape index (κ2) is 9.19. The molecular weight excluding hydrogens is 434 g/mol. The highest BCUT2D eigenvalue weighted by molar-refractivity contribution is 6.46. The van der Waals surface area contributed by atoms with Crippen LogP contribution in [-0.4, -0.2) is 29.9 Å². The van der Waals surface area contributed by atoms with Crippen LogP contribution in [0.5, 0.6) is 5.75 Å². The molecule has 1 aliphatic heterocycles. The van der Waals surface area contributed by atoms with E-state index in [0.29, 0.717) is 17.0 Å². The number of nitro benzene ring substituents is 1. The Hall–Kier alpha value is -4.46. The van der Waals surface area contributed by atoms with Gasteiger partial charge in [-0.05, 0) is 67.9 Å². The number of amides is 2. The standard InChI is InChI=1S/C26H23N3O5/c1-17(2)34-22-15-13-20(14-16-22)28-25(30)23(18-9-11-21(12-10-18)29(32)33)24(26(28)31)27(3)19-7-5-4-6-8-19/h4-17H,1-3H3. The van der Waals surface area contributed by atoms with Gasteiger partial charge in [0, 0.05) is 24.9 Å². The van der Waals surface area contributed by atoms with Gasteiger partial charge in [-0.25, -0.2) is 4.90 Å². The van der Waals surface area contributed by atoms with Crippen LogP contribution in [0.25, 0.3) is 5.57 Å². The van der Waals surface area contributed by atoms with Crippen molar-refractivity contribution in [2.75, 3.05) is 16.8 Å². The maximum atomic E-state index is 13.6. The fraction of sp³-hybridized carbons (Fsp3) is 0.154. The normalized spacial score (nSPS) is 13.6. The Kier molecular flexibility index (Phi) is 6.14. The maximum absolute atomic E-state index is 13.6. The summed E-state index contributed by atoms with van der Waals surface area (Å²) in [5.74, 6) is -0.362. The van der Waals surface area contributed by atoms with E-state index in [-0.39, 0.29) is 23.1 Å². The zero-order valence-corrected chi connectivity index (χ0v) is 19.0. The van der Waals surface area contributed by atoms with E-state index in [4.69, 9.17) is 4.74 Å². The number of imide groups is 1. The molecule has 0 atom stereocenters. The minimum atomic E-state index is -0.510. The van der Waals surface area contributed by atoms with E-state index in [1.165, 1.54) is 24.3 Å². The van der Waals surface area contributed by atoms with Gasteiger partial charge < -0.3 is 9.64 Å². The van der Waals surface area contributed by atoms with Gasteiger partial charge >= 0.3 is 0 Å². The average Bonchev–Trinajstić information content (AvgIpc) is 3.09. The molecule has 1 aliphatic rings. The van der Waals surface area contributed by atoms with E-state index in [1.54, 1.807) is 36.2 Å². The van der Waals surface area contributed by atoms with Gasteiger partial charge in [0.25, 0.3) is 17.5 Å². The third kappa shape index (κ3) is 4.25. The summed E-state index contributed by atoms with van der Waals surface area (Å²) in [4.78, 5) is 40.6. The predicted octanol–water partition coefficient (Wildman–Crippen LogP) is 4.80. The number of nitrogens with zero attached hydrogens (tertiary/aromatic N) is 3. The molecule has 0 bridgehead atoms. The zero-order valence-electron chi connectivity index (χ0n) is 19.0. The van der Waals surface area contributed by atoms with Crippen molar-refractivity contribution in [1.29, 1.82) is 0 Å². The summed E-state index contributed by atoms with van der Waals surface area (Å²) in [6.07, 6.45) is -0.0116. The summed E-state index contributed by atoms with van der Waals surface area (Å²) >= 11 is 0. The lowest BCUT2D eigenvalue weighted by atomic mass is 10.0. The third-order valence-corrected chi connectivity index (χ3v) is 5.37. The van der Waals surface area contributed by atoms with Crippen LogP contribution in [0.3, 0.4) is 0 Å². The molecule has 172 valence electrons. The highest BCUT2D eigenvalue weighted by atomic mass is 16.6. The molecule has 2 amide bonds. The van der Waals surface area contributed by atoms with Crippen LogP contribution in [0.15, 0.2) is 84.6 Å². The zero-order chi connectivity index (χ0) is 24.4. The van der Waals surface area contributed by atoms with Crippen molar-refractivity contribution in [1.82, 2.24) is 0 Å². The van der Waals surface area contributed by atoms with E-state index in [9.17, 15) is 19.7 Å². The Balaban J connectivity index is 1.79. The number of carbonyl (C=O) groups is 2. The average molecular weight is 457 g/mol. The molecule has 0 saturated carbocycles. The fourth-order valence-electron chi connectivity index (χ4n) is 3.80. The van der Waals surface area contributed by atoms with Crippen molar-refractivity contribution < 1.29 is 19.2 Å². The predicted molar refractivity (Wildman–Crippen MR) is 130 cm³/mol. The van der Waals surface area contributed by atoms with Crippen LogP contribution < -0.4 is 14.5 Å². The summed E-state index contributed by atoms with van der Waals surface area (Å²) < 4.78 is 5.66.